The maximum absolute atomic E-state index is 12.3. The molecule has 0 unspecified atom stereocenters. The molecule has 0 bridgehead atoms. The van der Waals surface area contributed by atoms with Crippen molar-refractivity contribution in [3.05, 3.63) is 63.2 Å². The summed E-state index contributed by atoms with van der Waals surface area (Å²) in [5.41, 5.74) is 2.04. The first-order valence-electron chi connectivity index (χ1n) is 7.78. The average molecular weight is 360 g/mol. The van der Waals surface area contributed by atoms with Crippen molar-refractivity contribution in [3.8, 4) is 5.75 Å². The van der Waals surface area contributed by atoms with Crippen molar-refractivity contribution in [1.29, 1.82) is 0 Å². The summed E-state index contributed by atoms with van der Waals surface area (Å²) in [6.07, 6.45) is 4.06. The molecule has 2 N–H and O–H groups in total. The number of fused-ring (bicyclic) bond motifs is 1. The summed E-state index contributed by atoms with van der Waals surface area (Å²) in [6, 6.07) is 6.93. The van der Waals surface area contributed by atoms with Crippen molar-refractivity contribution in [1.82, 2.24) is 14.9 Å². The molecule has 2 heterocycles. The fraction of sp³-hybridized carbons (Fsp3) is 0.222. The van der Waals surface area contributed by atoms with E-state index in [4.69, 9.17) is 16.3 Å². The van der Waals surface area contributed by atoms with E-state index in [2.05, 4.69) is 10.3 Å². The molecule has 0 spiro atoms. The minimum absolute atomic E-state index is 0.203. The first-order valence-corrected chi connectivity index (χ1v) is 8.16. The molecule has 0 aliphatic rings. The molecule has 1 amide bonds. The third-order valence-electron chi connectivity index (χ3n) is 4.06. The number of nitrogens with one attached hydrogen (secondary N) is 2. The summed E-state index contributed by atoms with van der Waals surface area (Å²) < 4.78 is 6.53. The van der Waals surface area contributed by atoms with Gasteiger partial charge in [0, 0.05) is 41.8 Å². The molecule has 0 atom stereocenters. The molecule has 130 valence electrons. The molecule has 6 nitrogen and oxygen atoms in total. The van der Waals surface area contributed by atoms with Gasteiger partial charge in [-0.3, -0.25) is 9.59 Å². The van der Waals surface area contributed by atoms with E-state index in [0.717, 1.165) is 16.5 Å². The lowest BCUT2D eigenvalue weighted by molar-refractivity contribution is 0.0945. The molecular formula is C18H18ClN3O3. The van der Waals surface area contributed by atoms with Crippen molar-refractivity contribution in [3.63, 3.8) is 0 Å². The standard InChI is InChI=1S/C18H18ClN3O3/c1-22-10-17(25-2)16(23)8-15(22)18(24)20-6-5-11-9-21-14-4-3-12(19)7-13(11)14/h3-4,7-10,21H,5-6H2,1-2H3,(H,20,24). The summed E-state index contributed by atoms with van der Waals surface area (Å²) in [6.45, 7) is 0.443. The Morgan fingerprint density at radius 2 is 2.16 bits per heavy atom. The number of aryl methyl sites for hydroxylation is 1. The summed E-state index contributed by atoms with van der Waals surface area (Å²) in [5, 5.41) is 4.55. The second kappa shape index (κ2) is 7.03. The number of rotatable bonds is 5. The van der Waals surface area contributed by atoms with Crippen molar-refractivity contribution in [2.75, 3.05) is 13.7 Å². The lowest BCUT2D eigenvalue weighted by Crippen LogP contribution is -2.29. The number of pyridine rings is 1. The van der Waals surface area contributed by atoms with Crippen LogP contribution in [0, 0.1) is 0 Å². The number of carbonyl (C=O) groups is 1. The molecule has 0 fully saturated rings. The van der Waals surface area contributed by atoms with Gasteiger partial charge in [0.2, 0.25) is 5.43 Å². The van der Waals surface area contributed by atoms with Crippen LogP contribution in [0.1, 0.15) is 16.1 Å². The van der Waals surface area contributed by atoms with Crippen molar-refractivity contribution in [2.24, 2.45) is 7.05 Å². The van der Waals surface area contributed by atoms with Crippen LogP contribution in [0.4, 0.5) is 0 Å². The Morgan fingerprint density at radius 1 is 1.36 bits per heavy atom. The highest BCUT2D eigenvalue weighted by Gasteiger charge is 2.12. The second-order valence-corrected chi connectivity index (χ2v) is 6.15. The number of methoxy groups -OCH3 is 1. The molecule has 0 saturated carbocycles. The van der Waals surface area contributed by atoms with E-state index < -0.39 is 0 Å². The number of hydrogen-bond acceptors (Lipinski definition) is 3. The van der Waals surface area contributed by atoms with Crippen molar-refractivity contribution in [2.45, 2.75) is 6.42 Å². The van der Waals surface area contributed by atoms with Crippen molar-refractivity contribution < 1.29 is 9.53 Å². The molecule has 0 aliphatic heterocycles. The van der Waals surface area contributed by atoms with E-state index in [1.165, 1.54) is 19.4 Å². The quantitative estimate of drug-likeness (QED) is 0.735. The van der Waals surface area contributed by atoms with E-state index in [1.54, 1.807) is 11.6 Å². The molecule has 25 heavy (non-hydrogen) atoms. The van der Waals surface area contributed by atoms with Crippen LogP contribution >= 0.6 is 11.6 Å². The van der Waals surface area contributed by atoms with E-state index in [9.17, 15) is 9.59 Å². The minimum atomic E-state index is -0.322. The number of halogens is 1. The number of H-pyrrole nitrogens is 1. The van der Waals surface area contributed by atoms with Gasteiger partial charge < -0.3 is 19.6 Å². The van der Waals surface area contributed by atoms with E-state index in [-0.39, 0.29) is 22.8 Å². The monoisotopic (exact) mass is 359 g/mol. The van der Waals surface area contributed by atoms with Gasteiger partial charge in [-0.25, -0.2) is 0 Å². The fourth-order valence-electron chi connectivity index (χ4n) is 2.74. The van der Waals surface area contributed by atoms with Gasteiger partial charge in [0.25, 0.3) is 5.91 Å². The highest BCUT2D eigenvalue weighted by Crippen LogP contribution is 2.22. The number of carbonyl (C=O) groups excluding carboxylic acids is 1. The zero-order valence-electron chi connectivity index (χ0n) is 13.9. The lowest BCUT2D eigenvalue weighted by Gasteiger charge is -2.10. The van der Waals surface area contributed by atoms with Gasteiger partial charge in [-0.05, 0) is 30.2 Å². The number of hydrogen-bond donors (Lipinski definition) is 2. The van der Waals surface area contributed by atoms with Gasteiger partial charge >= 0.3 is 0 Å². The van der Waals surface area contributed by atoms with Gasteiger partial charge in [0.05, 0.1) is 13.3 Å². The Morgan fingerprint density at radius 3 is 2.92 bits per heavy atom. The zero-order valence-corrected chi connectivity index (χ0v) is 14.7. The predicted octanol–water partition coefficient (Wildman–Crippen LogP) is 2.50. The lowest BCUT2D eigenvalue weighted by atomic mass is 10.1. The third-order valence-corrected chi connectivity index (χ3v) is 4.30. The van der Waals surface area contributed by atoms with Crippen LogP contribution in [0.25, 0.3) is 10.9 Å². The summed E-state index contributed by atoms with van der Waals surface area (Å²) in [4.78, 5) is 27.3. The Balaban J connectivity index is 1.69. The number of benzene rings is 1. The summed E-state index contributed by atoms with van der Waals surface area (Å²) in [5.74, 6) is -0.102. The van der Waals surface area contributed by atoms with Crippen LogP contribution in [-0.2, 0) is 13.5 Å². The fourth-order valence-corrected chi connectivity index (χ4v) is 2.92. The number of ether oxygens (including phenoxy) is 1. The first-order chi connectivity index (χ1) is 12.0. The predicted molar refractivity (Wildman–Crippen MR) is 97.6 cm³/mol. The second-order valence-electron chi connectivity index (χ2n) is 5.71. The normalized spacial score (nSPS) is 10.8. The van der Waals surface area contributed by atoms with Crippen LogP contribution in [0.15, 0.2) is 41.5 Å². The van der Waals surface area contributed by atoms with Gasteiger partial charge in [0.15, 0.2) is 5.75 Å². The third kappa shape index (κ3) is 3.53. The Kier molecular flexibility index (Phi) is 4.81. The topological polar surface area (TPSA) is 76.1 Å². The highest BCUT2D eigenvalue weighted by atomic mass is 35.5. The molecule has 3 aromatic rings. The Labute approximate surface area is 149 Å². The van der Waals surface area contributed by atoms with Crippen LogP contribution in [0.3, 0.4) is 0 Å². The maximum atomic E-state index is 12.3. The zero-order chi connectivity index (χ0) is 18.0. The SMILES string of the molecule is COc1cn(C)c(C(=O)NCCc2c[nH]c3ccc(Cl)cc23)cc1=O. The number of aromatic amines is 1. The summed E-state index contributed by atoms with van der Waals surface area (Å²) >= 11 is 6.04. The highest BCUT2D eigenvalue weighted by molar-refractivity contribution is 6.31. The van der Waals surface area contributed by atoms with Crippen LogP contribution in [-0.4, -0.2) is 29.1 Å². The first kappa shape index (κ1) is 17.1. The molecular weight excluding hydrogens is 342 g/mol. The van der Waals surface area contributed by atoms with Crippen LogP contribution in [0.2, 0.25) is 5.02 Å². The number of nitrogens with zero attached hydrogens (tertiary/aromatic N) is 1. The smallest absolute Gasteiger partial charge is 0.268 e. The molecule has 0 radical (unpaired) electrons. The number of aromatic nitrogens is 2. The van der Waals surface area contributed by atoms with Crippen LogP contribution < -0.4 is 15.5 Å². The van der Waals surface area contributed by atoms with Crippen molar-refractivity contribution >= 4 is 28.4 Å². The van der Waals surface area contributed by atoms with Crippen LogP contribution in [0.5, 0.6) is 5.75 Å². The van der Waals surface area contributed by atoms with Gasteiger partial charge in [0.1, 0.15) is 5.69 Å². The molecule has 0 aliphatic carbocycles. The molecule has 2 aromatic heterocycles. The van der Waals surface area contributed by atoms with Gasteiger partial charge in [-0.15, -0.1) is 0 Å². The maximum Gasteiger partial charge on any atom is 0.268 e. The minimum Gasteiger partial charge on any atom is -0.491 e. The number of amides is 1. The van der Waals surface area contributed by atoms with E-state index >= 15 is 0 Å². The largest absolute Gasteiger partial charge is 0.491 e. The van der Waals surface area contributed by atoms with E-state index in [1.807, 2.05) is 24.4 Å². The Hall–Kier alpha value is -2.73. The molecule has 1 aromatic carbocycles. The Bertz CT molecular complexity index is 991. The summed E-state index contributed by atoms with van der Waals surface area (Å²) in [7, 11) is 3.11. The molecule has 3 rings (SSSR count). The van der Waals surface area contributed by atoms with E-state index in [0.29, 0.717) is 18.0 Å². The van der Waals surface area contributed by atoms with Gasteiger partial charge in [-0.2, -0.15) is 0 Å². The van der Waals surface area contributed by atoms with Gasteiger partial charge in [-0.1, -0.05) is 11.6 Å². The average Bonchev–Trinajstić information content (AvgIpc) is 2.98. The molecule has 0 saturated heterocycles. The molecule has 7 heteroatoms.